The molecule has 0 aromatic heterocycles. The SMILES string of the molecule is C=CCN(C=O)CCCl. The highest BCUT2D eigenvalue weighted by atomic mass is 35.5. The van der Waals surface area contributed by atoms with E-state index in [-0.39, 0.29) is 0 Å². The minimum absolute atomic E-state index is 0.479. The number of hydrogen-bond acceptors (Lipinski definition) is 1. The van der Waals surface area contributed by atoms with E-state index < -0.39 is 0 Å². The van der Waals surface area contributed by atoms with Gasteiger partial charge in [0.2, 0.25) is 6.41 Å². The smallest absolute Gasteiger partial charge is 0.210 e. The molecule has 0 rings (SSSR count). The van der Waals surface area contributed by atoms with Crippen LogP contribution in [0.25, 0.3) is 0 Å². The van der Waals surface area contributed by atoms with E-state index in [1.54, 1.807) is 11.0 Å². The molecule has 0 heterocycles. The van der Waals surface area contributed by atoms with Crippen LogP contribution in [0.1, 0.15) is 0 Å². The van der Waals surface area contributed by atoms with Crippen LogP contribution < -0.4 is 0 Å². The Kier molecular flexibility index (Phi) is 5.32. The van der Waals surface area contributed by atoms with Crippen LogP contribution in [0.4, 0.5) is 0 Å². The van der Waals surface area contributed by atoms with Crippen molar-refractivity contribution in [1.82, 2.24) is 4.90 Å². The van der Waals surface area contributed by atoms with E-state index in [1.807, 2.05) is 0 Å². The van der Waals surface area contributed by atoms with Crippen molar-refractivity contribution in [2.75, 3.05) is 19.0 Å². The molecule has 0 fully saturated rings. The van der Waals surface area contributed by atoms with Crippen LogP contribution in [0.15, 0.2) is 12.7 Å². The molecular weight excluding hydrogens is 138 g/mol. The van der Waals surface area contributed by atoms with Gasteiger partial charge in [-0.2, -0.15) is 0 Å². The van der Waals surface area contributed by atoms with E-state index in [0.29, 0.717) is 19.0 Å². The van der Waals surface area contributed by atoms with Gasteiger partial charge in [-0.25, -0.2) is 0 Å². The molecule has 0 aliphatic rings. The predicted octanol–water partition coefficient (Wildman–Crippen LogP) is 0.870. The van der Waals surface area contributed by atoms with Gasteiger partial charge in [-0.05, 0) is 0 Å². The predicted molar refractivity (Wildman–Crippen MR) is 38.6 cm³/mol. The van der Waals surface area contributed by atoms with Crippen molar-refractivity contribution in [3.8, 4) is 0 Å². The third-order valence-electron chi connectivity index (χ3n) is 0.884. The summed E-state index contributed by atoms with van der Waals surface area (Å²) in [7, 11) is 0. The lowest BCUT2D eigenvalue weighted by molar-refractivity contribution is -0.117. The van der Waals surface area contributed by atoms with Gasteiger partial charge in [0, 0.05) is 19.0 Å². The van der Waals surface area contributed by atoms with Gasteiger partial charge in [-0.3, -0.25) is 4.79 Å². The van der Waals surface area contributed by atoms with Crippen molar-refractivity contribution in [2.45, 2.75) is 0 Å². The van der Waals surface area contributed by atoms with Crippen LogP contribution in [-0.4, -0.2) is 30.3 Å². The second kappa shape index (κ2) is 5.63. The lowest BCUT2D eigenvalue weighted by atomic mass is 10.5. The van der Waals surface area contributed by atoms with Crippen LogP contribution in [0, 0.1) is 0 Å². The standard InChI is InChI=1S/C6H10ClNO/c1-2-4-8(6-9)5-3-7/h2,6H,1,3-5H2. The van der Waals surface area contributed by atoms with E-state index in [0.717, 1.165) is 6.41 Å². The summed E-state index contributed by atoms with van der Waals surface area (Å²) in [4.78, 5) is 11.7. The molecular formula is C6H10ClNO. The normalized spacial score (nSPS) is 8.56. The van der Waals surface area contributed by atoms with Crippen molar-refractivity contribution >= 4 is 18.0 Å². The van der Waals surface area contributed by atoms with E-state index in [2.05, 4.69) is 6.58 Å². The van der Waals surface area contributed by atoms with Gasteiger partial charge < -0.3 is 4.90 Å². The molecule has 0 radical (unpaired) electrons. The van der Waals surface area contributed by atoms with E-state index in [4.69, 9.17) is 11.6 Å². The summed E-state index contributed by atoms with van der Waals surface area (Å²) in [6, 6.07) is 0. The zero-order valence-corrected chi connectivity index (χ0v) is 5.97. The second-order valence-electron chi connectivity index (χ2n) is 1.58. The zero-order valence-electron chi connectivity index (χ0n) is 5.22. The minimum atomic E-state index is 0.479. The molecule has 0 saturated heterocycles. The van der Waals surface area contributed by atoms with E-state index in [9.17, 15) is 4.79 Å². The molecule has 0 aromatic carbocycles. The maximum atomic E-state index is 10.1. The number of hydrogen-bond donors (Lipinski definition) is 0. The Bertz CT molecular complexity index is 95.1. The maximum absolute atomic E-state index is 10.1. The number of carbonyl (C=O) groups is 1. The Hall–Kier alpha value is -0.500. The fraction of sp³-hybridized carbons (Fsp3) is 0.500. The van der Waals surface area contributed by atoms with Crippen molar-refractivity contribution in [3.05, 3.63) is 12.7 Å². The molecule has 52 valence electrons. The molecule has 0 saturated carbocycles. The van der Waals surface area contributed by atoms with Gasteiger partial charge in [0.25, 0.3) is 0 Å². The maximum Gasteiger partial charge on any atom is 0.210 e. The summed E-state index contributed by atoms with van der Waals surface area (Å²) in [5, 5.41) is 0. The largest absolute Gasteiger partial charge is 0.340 e. The highest BCUT2D eigenvalue weighted by Gasteiger charge is 1.93. The Morgan fingerprint density at radius 1 is 1.67 bits per heavy atom. The van der Waals surface area contributed by atoms with Gasteiger partial charge in [-0.15, -0.1) is 18.2 Å². The molecule has 0 bridgehead atoms. The number of alkyl halides is 1. The third kappa shape index (κ3) is 4.03. The third-order valence-corrected chi connectivity index (χ3v) is 1.05. The molecule has 0 aromatic rings. The average molecular weight is 148 g/mol. The molecule has 0 unspecified atom stereocenters. The lowest BCUT2D eigenvalue weighted by Crippen LogP contribution is -2.23. The first kappa shape index (κ1) is 8.50. The van der Waals surface area contributed by atoms with Gasteiger partial charge in [-0.1, -0.05) is 6.08 Å². The fourth-order valence-electron chi connectivity index (χ4n) is 0.461. The van der Waals surface area contributed by atoms with Crippen LogP contribution in [0.3, 0.4) is 0 Å². The molecule has 0 aliphatic carbocycles. The first-order valence-electron chi connectivity index (χ1n) is 2.71. The topological polar surface area (TPSA) is 20.3 Å². The molecule has 1 amide bonds. The monoisotopic (exact) mass is 147 g/mol. The van der Waals surface area contributed by atoms with Crippen molar-refractivity contribution in [1.29, 1.82) is 0 Å². The average Bonchev–Trinajstić information content (AvgIpc) is 1.88. The van der Waals surface area contributed by atoms with Crippen molar-refractivity contribution < 1.29 is 4.79 Å². The Morgan fingerprint density at radius 3 is 2.67 bits per heavy atom. The summed E-state index contributed by atoms with van der Waals surface area (Å²) < 4.78 is 0. The molecule has 0 N–H and O–H groups in total. The van der Waals surface area contributed by atoms with Crippen LogP contribution in [0.2, 0.25) is 0 Å². The molecule has 2 nitrogen and oxygen atoms in total. The van der Waals surface area contributed by atoms with Gasteiger partial charge >= 0.3 is 0 Å². The Balaban J connectivity index is 3.40. The summed E-state index contributed by atoms with van der Waals surface area (Å²) in [6.07, 6.45) is 2.44. The van der Waals surface area contributed by atoms with E-state index in [1.165, 1.54) is 0 Å². The lowest BCUT2D eigenvalue weighted by Gasteiger charge is -2.11. The summed E-state index contributed by atoms with van der Waals surface area (Å²) in [5.74, 6) is 0.479. The van der Waals surface area contributed by atoms with Gasteiger partial charge in [0.05, 0.1) is 0 Å². The molecule has 0 spiro atoms. The van der Waals surface area contributed by atoms with Crippen LogP contribution in [0.5, 0.6) is 0 Å². The van der Waals surface area contributed by atoms with Crippen LogP contribution >= 0.6 is 11.6 Å². The summed E-state index contributed by atoms with van der Waals surface area (Å²) >= 11 is 5.38. The van der Waals surface area contributed by atoms with Crippen LogP contribution in [-0.2, 0) is 4.79 Å². The number of nitrogens with zero attached hydrogens (tertiary/aromatic N) is 1. The molecule has 3 heteroatoms. The highest BCUT2D eigenvalue weighted by Crippen LogP contribution is 1.84. The first-order chi connectivity index (χ1) is 4.35. The number of amides is 1. The number of halogens is 1. The second-order valence-corrected chi connectivity index (χ2v) is 1.96. The van der Waals surface area contributed by atoms with Crippen molar-refractivity contribution in [3.63, 3.8) is 0 Å². The molecule has 9 heavy (non-hydrogen) atoms. The van der Waals surface area contributed by atoms with Gasteiger partial charge in [0.15, 0.2) is 0 Å². The highest BCUT2D eigenvalue weighted by molar-refractivity contribution is 6.18. The number of rotatable bonds is 5. The summed E-state index contributed by atoms with van der Waals surface area (Å²) in [5.41, 5.74) is 0. The fourth-order valence-corrected chi connectivity index (χ4v) is 0.679. The molecule has 0 aliphatic heterocycles. The Morgan fingerprint density at radius 2 is 2.33 bits per heavy atom. The zero-order chi connectivity index (χ0) is 7.11. The Labute approximate surface area is 60.1 Å². The molecule has 0 atom stereocenters. The summed E-state index contributed by atoms with van der Waals surface area (Å²) in [6.45, 7) is 4.66. The van der Waals surface area contributed by atoms with Gasteiger partial charge in [0.1, 0.15) is 0 Å². The number of carbonyl (C=O) groups excluding carboxylic acids is 1. The minimum Gasteiger partial charge on any atom is -0.340 e. The van der Waals surface area contributed by atoms with E-state index >= 15 is 0 Å². The first-order valence-corrected chi connectivity index (χ1v) is 3.24. The quantitative estimate of drug-likeness (QED) is 0.321. The van der Waals surface area contributed by atoms with Crippen molar-refractivity contribution in [2.24, 2.45) is 0 Å².